The van der Waals surface area contributed by atoms with Crippen LogP contribution in [-0.2, 0) is 0 Å². The molecule has 1 saturated carbocycles. The van der Waals surface area contributed by atoms with Crippen molar-refractivity contribution in [2.45, 2.75) is 44.6 Å². The smallest absolute Gasteiger partial charge is 0.135 e. The molecule has 19 heavy (non-hydrogen) atoms. The summed E-state index contributed by atoms with van der Waals surface area (Å²) in [6.45, 7) is 7.31. The van der Waals surface area contributed by atoms with Crippen molar-refractivity contribution in [3.05, 3.63) is 11.4 Å². The first-order valence-electron chi connectivity index (χ1n) is 7.01. The fourth-order valence-electron chi connectivity index (χ4n) is 1.79. The minimum Gasteiger partial charge on any atom is -0.396 e. The molecule has 106 valence electrons. The lowest BCUT2D eigenvalue weighted by atomic mass is 10.2. The quantitative estimate of drug-likeness (QED) is 0.594. The second kappa shape index (κ2) is 6.57. The summed E-state index contributed by atoms with van der Waals surface area (Å²) in [6, 6.07) is 0. The summed E-state index contributed by atoms with van der Waals surface area (Å²) in [5.41, 5.74) is 1.13. The Morgan fingerprint density at radius 2 is 2.16 bits per heavy atom. The van der Waals surface area contributed by atoms with Crippen molar-refractivity contribution < 1.29 is 5.11 Å². The number of nitrogens with one attached hydrogen (secondary N) is 1. The van der Waals surface area contributed by atoms with E-state index in [1.165, 1.54) is 12.8 Å². The first-order valence-corrected chi connectivity index (χ1v) is 8.00. The van der Waals surface area contributed by atoms with Crippen molar-refractivity contribution in [2.24, 2.45) is 5.92 Å². The number of nitrogens with zero attached hydrogens (tertiary/aromatic N) is 2. The Bertz CT molecular complexity index is 435. The van der Waals surface area contributed by atoms with E-state index >= 15 is 0 Å². The van der Waals surface area contributed by atoms with Gasteiger partial charge in [0.05, 0.1) is 0 Å². The first kappa shape index (κ1) is 14.6. The lowest BCUT2D eigenvalue weighted by molar-refractivity contribution is 0.250. The molecule has 1 aliphatic rings. The molecule has 2 N–H and O–H groups in total. The Balaban J connectivity index is 2.19. The van der Waals surface area contributed by atoms with E-state index < -0.39 is 0 Å². The maximum absolute atomic E-state index is 9.12. The molecule has 0 saturated heterocycles. The highest BCUT2D eigenvalue weighted by molar-refractivity contribution is 7.99. The molecule has 1 aromatic heterocycles. The molecule has 1 atom stereocenters. The Morgan fingerprint density at radius 3 is 2.74 bits per heavy atom. The Morgan fingerprint density at radius 1 is 1.42 bits per heavy atom. The molecule has 4 nitrogen and oxygen atoms in total. The molecule has 0 spiro atoms. The number of aliphatic hydroxyl groups excluding tert-OH is 1. The molecule has 0 aromatic carbocycles. The highest BCUT2D eigenvalue weighted by Gasteiger charge is 2.28. The fraction of sp³-hybridized carbons (Fsp3) is 0.714. The minimum atomic E-state index is 0.229. The van der Waals surface area contributed by atoms with Gasteiger partial charge in [-0.1, -0.05) is 6.92 Å². The molecule has 0 bridgehead atoms. The van der Waals surface area contributed by atoms with Crippen molar-refractivity contribution in [2.75, 3.05) is 24.2 Å². The topological polar surface area (TPSA) is 58.0 Å². The number of rotatable bonds is 7. The highest BCUT2D eigenvalue weighted by atomic mass is 32.2. The van der Waals surface area contributed by atoms with Crippen LogP contribution in [0.25, 0.3) is 0 Å². The summed E-state index contributed by atoms with van der Waals surface area (Å²) < 4.78 is 0. The van der Waals surface area contributed by atoms with E-state index in [1.807, 2.05) is 0 Å². The van der Waals surface area contributed by atoms with Crippen molar-refractivity contribution in [3.63, 3.8) is 0 Å². The standard InChI is InChI=1S/C14H23N3OS/c1-4-15-12-10(3)14(19-8-9(2)7-18)17-13(16-12)11-5-6-11/h9,11,18H,4-8H2,1-3H3,(H,15,16,17). The maximum atomic E-state index is 9.12. The summed E-state index contributed by atoms with van der Waals surface area (Å²) >= 11 is 1.73. The Kier molecular flexibility index (Phi) is 5.05. The molecule has 1 aromatic rings. The largest absolute Gasteiger partial charge is 0.396 e. The van der Waals surface area contributed by atoms with E-state index in [-0.39, 0.29) is 6.61 Å². The number of hydrogen-bond acceptors (Lipinski definition) is 5. The molecule has 1 heterocycles. The van der Waals surface area contributed by atoms with Gasteiger partial charge in [-0.25, -0.2) is 9.97 Å². The Hall–Kier alpha value is -0.810. The average Bonchev–Trinajstić information content (AvgIpc) is 3.23. The van der Waals surface area contributed by atoms with Crippen LogP contribution in [0, 0.1) is 12.8 Å². The molecule has 2 rings (SSSR count). The van der Waals surface area contributed by atoms with Gasteiger partial charge in [-0.2, -0.15) is 0 Å². The van der Waals surface area contributed by atoms with Gasteiger partial charge in [0.1, 0.15) is 16.7 Å². The fourth-order valence-corrected chi connectivity index (χ4v) is 2.81. The average molecular weight is 281 g/mol. The zero-order chi connectivity index (χ0) is 13.8. The summed E-state index contributed by atoms with van der Waals surface area (Å²) in [6.07, 6.45) is 2.43. The predicted molar refractivity (Wildman–Crippen MR) is 79.9 cm³/mol. The van der Waals surface area contributed by atoms with E-state index in [2.05, 4.69) is 31.1 Å². The highest BCUT2D eigenvalue weighted by Crippen LogP contribution is 2.40. The van der Waals surface area contributed by atoms with Gasteiger partial charge in [-0.15, -0.1) is 11.8 Å². The zero-order valence-corrected chi connectivity index (χ0v) is 12.8. The maximum Gasteiger partial charge on any atom is 0.135 e. The lowest BCUT2D eigenvalue weighted by Crippen LogP contribution is -2.09. The van der Waals surface area contributed by atoms with Crippen LogP contribution in [0.3, 0.4) is 0 Å². The van der Waals surface area contributed by atoms with Crippen molar-refractivity contribution in [1.29, 1.82) is 0 Å². The molecule has 1 unspecified atom stereocenters. The van der Waals surface area contributed by atoms with Crippen LogP contribution >= 0.6 is 11.8 Å². The van der Waals surface area contributed by atoms with Crippen molar-refractivity contribution >= 4 is 17.6 Å². The molecule has 5 heteroatoms. The van der Waals surface area contributed by atoms with Crippen LogP contribution in [0.15, 0.2) is 5.03 Å². The third-order valence-corrected chi connectivity index (χ3v) is 4.63. The SMILES string of the molecule is CCNc1nc(C2CC2)nc(SCC(C)CO)c1C. The van der Waals surface area contributed by atoms with Gasteiger partial charge < -0.3 is 10.4 Å². The number of hydrogen-bond donors (Lipinski definition) is 2. The zero-order valence-electron chi connectivity index (χ0n) is 11.9. The van der Waals surface area contributed by atoms with E-state index in [0.717, 1.165) is 34.5 Å². The molecule has 1 fully saturated rings. The van der Waals surface area contributed by atoms with Gasteiger partial charge >= 0.3 is 0 Å². The van der Waals surface area contributed by atoms with Crippen molar-refractivity contribution in [3.8, 4) is 0 Å². The monoisotopic (exact) mass is 281 g/mol. The normalized spacial score (nSPS) is 16.4. The van der Waals surface area contributed by atoms with Gasteiger partial charge in [0.25, 0.3) is 0 Å². The molecule has 1 aliphatic carbocycles. The lowest BCUT2D eigenvalue weighted by Gasteiger charge is -2.14. The van der Waals surface area contributed by atoms with Crippen LogP contribution in [-0.4, -0.2) is 34.0 Å². The van der Waals surface area contributed by atoms with Crippen LogP contribution in [0.1, 0.15) is 44.0 Å². The van der Waals surface area contributed by atoms with Crippen LogP contribution < -0.4 is 5.32 Å². The van der Waals surface area contributed by atoms with Gasteiger partial charge in [0.2, 0.25) is 0 Å². The van der Waals surface area contributed by atoms with Gasteiger partial charge in [-0.3, -0.25) is 0 Å². The van der Waals surface area contributed by atoms with Crippen LogP contribution in [0.5, 0.6) is 0 Å². The number of aliphatic hydroxyl groups is 1. The number of anilines is 1. The predicted octanol–water partition coefficient (Wildman–Crippen LogP) is 2.81. The number of aromatic nitrogens is 2. The third-order valence-electron chi connectivity index (χ3n) is 3.22. The van der Waals surface area contributed by atoms with Crippen molar-refractivity contribution in [1.82, 2.24) is 9.97 Å². The summed E-state index contributed by atoms with van der Waals surface area (Å²) in [5, 5.41) is 13.5. The Labute approximate surface area is 119 Å². The molecular formula is C14H23N3OS. The summed E-state index contributed by atoms with van der Waals surface area (Å²) in [7, 11) is 0. The molecule has 0 aliphatic heterocycles. The summed E-state index contributed by atoms with van der Waals surface area (Å²) in [5.74, 6) is 3.71. The van der Waals surface area contributed by atoms with Crippen LogP contribution in [0.2, 0.25) is 0 Å². The molecular weight excluding hydrogens is 258 g/mol. The molecule has 0 amide bonds. The van der Waals surface area contributed by atoms with E-state index in [1.54, 1.807) is 11.8 Å². The third kappa shape index (κ3) is 3.83. The number of thioether (sulfide) groups is 1. The molecule has 0 radical (unpaired) electrons. The van der Waals surface area contributed by atoms with Crippen LogP contribution in [0.4, 0.5) is 5.82 Å². The van der Waals surface area contributed by atoms with E-state index in [9.17, 15) is 0 Å². The first-order chi connectivity index (χ1) is 9.15. The summed E-state index contributed by atoms with van der Waals surface area (Å²) in [4.78, 5) is 9.36. The minimum absolute atomic E-state index is 0.229. The van der Waals surface area contributed by atoms with Gasteiger partial charge in [-0.05, 0) is 32.6 Å². The van der Waals surface area contributed by atoms with Gasteiger partial charge in [0, 0.05) is 30.4 Å². The van der Waals surface area contributed by atoms with Gasteiger partial charge in [0.15, 0.2) is 0 Å². The van der Waals surface area contributed by atoms with E-state index in [4.69, 9.17) is 10.1 Å². The second-order valence-electron chi connectivity index (χ2n) is 5.26. The second-order valence-corrected chi connectivity index (χ2v) is 6.27. The van der Waals surface area contributed by atoms with E-state index in [0.29, 0.717) is 11.8 Å².